The molecule has 0 bridgehead atoms. The summed E-state index contributed by atoms with van der Waals surface area (Å²) in [6, 6.07) is 3.97. The summed E-state index contributed by atoms with van der Waals surface area (Å²) < 4.78 is 10.7. The van der Waals surface area contributed by atoms with E-state index in [0.717, 1.165) is 35.6 Å². The molecule has 0 amide bonds. The van der Waals surface area contributed by atoms with Crippen molar-refractivity contribution in [1.82, 2.24) is 5.32 Å². The van der Waals surface area contributed by atoms with E-state index in [1.165, 1.54) is 0 Å². The average Bonchev–Trinajstić information content (AvgIpc) is 2.43. The molecule has 5 nitrogen and oxygen atoms in total. The molecule has 19 heavy (non-hydrogen) atoms. The van der Waals surface area contributed by atoms with Gasteiger partial charge in [-0.2, -0.15) is 0 Å². The van der Waals surface area contributed by atoms with Gasteiger partial charge in [-0.3, -0.25) is 0 Å². The maximum Gasteiger partial charge on any atom is 0.122 e. The SMILES string of the molecule is COc1cc(CCNCC(O)CN)c(OC)cc1C. The van der Waals surface area contributed by atoms with E-state index in [1.54, 1.807) is 14.2 Å². The molecular formula is C14H24N2O3. The van der Waals surface area contributed by atoms with Gasteiger partial charge in [0, 0.05) is 13.1 Å². The smallest absolute Gasteiger partial charge is 0.122 e. The Morgan fingerprint density at radius 3 is 2.53 bits per heavy atom. The third-order valence-electron chi connectivity index (χ3n) is 3.02. The van der Waals surface area contributed by atoms with Crippen LogP contribution in [-0.2, 0) is 6.42 Å². The van der Waals surface area contributed by atoms with Crippen LogP contribution in [0.5, 0.6) is 11.5 Å². The van der Waals surface area contributed by atoms with Gasteiger partial charge in [0.25, 0.3) is 0 Å². The van der Waals surface area contributed by atoms with Crippen molar-refractivity contribution < 1.29 is 14.6 Å². The van der Waals surface area contributed by atoms with E-state index in [4.69, 9.17) is 15.2 Å². The summed E-state index contributed by atoms with van der Waals surface area (Å²) in [4.78, 5) is 0. The molecule has 0 fully saturated rings. The molecule has 108 valence electrons. The second kappa shape index (κ2) is 7.99. The zero-order valence-corrected chi connectivity index (χ0v) is 11.9. The molecule has 0 heterocycles. The van der Waals surface area contributed by atoms with Crippen molar-refractivity contribution in [2.45, 2.75) is 19.4 Å². The highest BCUT2D eigenvalue weighted by molar-refractivity contribution is 5.46. The van der Waals surface area contributed by atoms with Gasteiger partial charge in [-0.15, -0.1) is 0 Å². The third-order valence-corrected chi connectivity index (χ3v) is 3.02. The van der Waals surface area contributed by atoms with Gasteiger partial charge in [0.05, 0.1) is 20.3 Å². The summed E-state index contributed by atoms with van der Waals surface area (Å²) in [5.74, 6) is 1.72. The molecule has 1 rings (SSSR count). The van der Waals surface area contributed by atoms with Crippen LogP contribution in [0.15, 0.2) is 12.1 Å². The second-order valence-corrected chi connectivity index (χ2v) is 4.48. The molecule has 1 aromatic carbocycles. The van der Waals surface area contributed by atoms with Crippen LogP contribution in [0.25, 0.3) is 0 Å². The highest BCUT2D eigenvalue weighted by Gasteiger charge is 2.08. The predicted molar refractivity (Wildman–Crippen MR) is 75.9 cm³/mol. The monoisotopic (exact) mass is 268 g/mol. The summed E-state index contributed by atoms with van der Waals surface area (Å²) >= 11 is 0. The molecule has 1 atom stereocenters. The number of nitrogens with one attached hydrogen (secondary N) is 1. The lowest BCUT2D eigenvalue weighted by molar-refractivity contribution is 0.180. The van der Waals surface area contributed by atoms with E-state index in [9.17, 15) is 5.11 Å². The number of rotatable bonds is 8. The van der Waals surface area contributed by atoms with Crippen LogP contribution < -0.4 is 20.5 Å². The molecule has 0 spiro atoms. The molecule has 4 N–H and O–H groups in total. The number of aliphatic hydroxyl groups is 1. The Bertz CT molecular complexity index is 397. The number of methoxy groups -OCH3 is 2. The van der Waals surface area contributed by atoms with Crippen LogP contribution in [0.1, 0.15) is 11.1 Å². The Hall–Kier alpha value is -1.30. The van der Waals surface area contributed by atoms with Crippen LogP contribution in [0.3, 0.4) is 0 Å². The zero-order chi connectivity index (χ0) is 14.3. The Balaban J connectivity index is 2.61. The van der Waals surface area contributed by atoms with Crippen molar-refractivity contribution in [2.24, 2.45) is 5.73 Å². The number of ether oxygens (including phenoxy) is 2. The van der Waals surface area contributed by atoms with Crippen LogP contribution in [-0.4, -0.2) is 45.1 Å². The van der Waals surface area contributed by atoms with Crippen molar-refractivity contribution in [3.63, 3.8) is 0 Å². The van der Waals surface area contributed by atoms with Gasteiger partial charge in [0.1, 0.15) is 11.5 Å². The molecular weight excluding hydrogens is 244 g/mol. The molecule has 5 heteroatoms. The number of aliphatic hydroxyl groups excluding tert-OH is 1. The van der Waals surface area contributed by atoms with Gasteiger partial charge < -0.3 is 25.6 Å². The maximum absolute atomic E-state index is 9.34. The van der Waals surface area contributed by atoms with E-state index in [2.05, 4.69) is 5.32 Å². The number of benzene rings is 1. The number of aryl methyl sites for hydroxylation is 1. The van der Waals surface area contributed by atoms with Crippen molar-refractivity contribution in [2.75, 3.05) is 33.9 Å². The molecule has 0 aromatic heterocycles. The van der Waals surface area contributed by atoms with E-state index >= 15 is 0 Å². The first-order chi connectivity index (χ1) is 9.12. The van der Waals surface area contributed by atoms with Gasteiger partial charge in [-0.1, -0.05) is 0 Å². The number of hydrogen-bond acceptors (Lipinski definition) is 5. The van der Waals surface area contributed by atoms with Crippen molar-refractivity contribution >= 4 is 0 Å². The first-order valence-corrected chi connectivity index (χ1v) is 6.42. The van der Waals surface area contributed by atoms with Gasteiger partial charge >= 0.3 is 0 Å². The molecule has 0 aliphatic carbocycles. The standard InChI is InChI=1S/C14H24N2O3/c1-10-6-14(19-3)11(7-13(10)18-2)4-5-16-9-12(17)8-15/h6-7,12,16-17H,4-5,8-9,15H2,1-3H3. The molecule has 0 saturated heterocycles. The number of nitrogens with two attached hydrogens (primary N) is 1. The average molecular weight is 268 g/mol. The largest absolute Gasteiger partial charge is 0.496 e. The molecule has 0 saturated carbocycles. The predicted octanol–water partition coefficient (Wildman–Crippen LogP) is 0.464. The Morgan fingerprint density at radius 1 is 1.26 bits per heavy atom. The minimum absolute atomic E-state index is 0.272. The van der Waals surface area contributed by atoms with E-state index in [0.29, 0.717) is 6.54 Å². The lowest BCUT2D eigenvalue weighted by Gasteiger charge is -2.14. The molecule has 1 aromatic rings. The van der Waals surface area contributed by atoms with Gasteiger partial charge in [-0.05, 0) is 43.1 Å². The Morgan fingerprint density at radius 2 is 1.95 bits per heavy atom. The van der Waals surface area contributed by atoms with Crippen LogP contribution >= 0.6 is 0 Å². The summed E-state index contributed by atoms with van der Waals surface area (Å²) in [6.07, 6.45) is 0.311. The van der Waals surface area contributed by atoms with Crippen LogP contribution in [0.4, 0.5) is 0 Å². The summed E-state index contributed by atoms with van der Waals surface area (Å²) in [7, 11) is 3.32. The Kier molecular flexibility index (Phi) is 6.62. The zero-order valence-electron chi connectivity index (χ0n) is 11.9. The van der Waals surface area contributed by atoms with Crippen LogP contribution in [0.2, 0.25) is 0 Å². The van der Waals surface area contributed by atoms with E-state index < -0.39 is 6.10 Å². The first kappa shape index (κ1) is 15.8. The second-order valence-electron chi connectivity index (χ2n) is 4.48. The number of hydrogen-bond donors (Lipinski definition) is 3. The van der Waals surface area contributed by atoms with Crippen molar-refractivity contribution in [1.29, 1.82) is 0 Å². The minimum atomic E-state index is -0.491. The fourth-order valence-corrected chi connectivity index (χ4v) is 1.88. The first-order valence-electron chi connectivity index (χ1n) is 6.42. The maximum atomic E-state index is 9.34. The van der Waals surface area contributed by atoms with Gasteiger partial charge in [0.15, 0.2) is 0 Å². The van der Waals surface area contributed by atoms with Crippen molar-refractivity contribution in [3.05, 3.63) is 23.3 Å². The van der Waals surface area contributed by atoms with Gasteiger partial charge in [-0.25, -0.2) is 0 Å². The fourth-order valence-electron chi connectivity index (χ4n) is 1.88. The Labute approximate surface area is 114 Å². The molecule has 0 aliphatic heterocycles. The topological polar surface area (TPSA) is 76.7 Å². The summed E-state index contributed by atoms with van der Waals surface area (Å²) in [5.41, 5.74) is 7.47. The normalized spacial score (nSPS) is 12.3. The molecule has 0 radical (unpaired) electrons. The van der Waals surface area contributed by atoms with Crippen LogP contribution in [0, 0.1) is 6.92 Å². The molecule has 0 aliphatic rings. The minimum Gasteiger partial charge on any atom is -0.496 e. The lowest BCUT2D eigenvalue weighted by atomic mass is 10.1. The quantitative estimate of drug-likeness (QED) is 0.597. The van der Waals surface area contributed by atoms with Crippen molar-refractivity contribution in [3.8, 4) is 11.5 Å². The lowest BCUT2D eigenvalue weighted by Crippen LogP contribution is -2.33. The third kappa shape index (κ3) is 4.70. The highest BCUT2D eigenvalue weighted by atomic mass is 16.5. The summed E-state index contributed by atoms with van der Waals surface area (Å²) in [5, 5.41) is 12.5. The van der Waals surface area contributed by atoms with Gasteiger partial charge in [0.2, 0.25) is 0 Å². The van der Waals surface area contributed by atoms with E-state index in [-0.39, 0.29) is 6.54 Å². The summed E-state index contributed by atoms with van der Waals surface area (Å²) in [6.45, 7) is 3.51. The fraction of sp³-hybridized carbons (Fsp3) is 0.571. The highest BCUT2D eigenvalue weighted by Crippen LogP contribution is 2.28. The van der Waals surface area contributed by atoms with E-state index in [1.807, 2.05) is 19.1 Å². The molecule has 1 unspecified atom stereocenters.